The quantitative estimate of drug-likeness (QED) is 0.780. The maximum Gasteiger partial charge on any atom is 0.328 e. The molecular weight excluding hydrogens is 212 g/mol. The van der Waals surface area contributed by atoms with E-state index in [0.29, 0.717) is 0 Å². The van der Waals surface area contributed by atoms with Crippen LogP contribution >= 0.6 is 11.3 Å². The highest BCUT2D eigenvalue weighted by molar-refractivity contribution is 7.09. The fourth-order valence-corrected chi connectivity index (χ4v) is 1.82. The lowest BCUT2D eigenvalue weighted by Crippen LogP contribution is -2.35. The van der Waals surface area contributed by atoms with E-state index in [0.717, 1.165) is 11.3 Å². The highest BCUT2D eigenvalue weighted by Gasteiger charge is 2.23. The van der Waals surface area contributed by atoms with Crippen LogP contribution < -0.4 is 5.32 Å². The number of hydrogen-bond acceptors (Lipinski definition) is 5. The van der Waals surface area contributed by atoms with E-state index in [1.807, 2.05) is 6.92 Å². The van der Waals surface area contributed by atoms with Gasteiger partial charge >= 0.3 is 5.97 Å². The Morgan fingerprint density at radius 3 is 2.93 bits per heavy atom. The first-order valence-electron chi connectivity index (χ1n) is 4.91. The van der Waals surface area contributed by atoms with E-state index in [2.05, 4.69) is 17.2 Å². The van der Waals surface area contributed by atoms with Gasteiger partial charge in [-0.3, -0.25) is 10.3 Å². The summed E-state index contributed by atoms with van der Waals surface area (Å²) in [5, 5.41) is 3.22. The van der Waals surface area contributed by atoms with Crippen molar-refractivity contribution in [2.45, 2.75) is 32.4 Å². The molecule has 0 saturated heterocycles. The van der Waals surface area contributed by atoms with Gasteiger partial charge in [0, 0.05) is 12.2 Å². The van der Waals surface area contributed by atoms with Crippen LogP contribution in [-0.2, 0) is 9.53 Å². The molecule has 0 amide bonds. The predicted octanol–water partition coefficient (Wildman–Crippen LogP) is 1.75. The normalized spacial score (nSPS) is 14.6. The Bertz CT molecular complexity index is 300. The van der Waals surface area contributed by atoms with Gasteiger partial charge in [-0.1, -0.05) is 6.92 Å². The summed E-state index contributed by atoms with van der Waals surface area (Å²) in [6, 6.07) is -0.117. The van der Waals surface area contributed by atoms with Gasteiger partial charge in [-0.25, -0.2) is 4.79 Å². The van der Waals surface area contributed by atoms with Crippen LogP contribution in [0.15, 0.2) is 11.7 Å². The minimum Gasteiger partial charge on any atom is -0.468 e. The maximum absolute atomic E-state index is 11.6. The Balaban J connectivity index is 2.75. The molecule has 2 atom stereocenters. The van der Waals surface area contributed by atoms with Gasteiger partial charge < -0.3 is 4.74 Å². The van der Waals surface area contributed by atoms with Crippen molar-refractivity contribution in [2.24, 2.45) is 0 Å². The smallest absolute Gasteiger partial charge is 0.328 e. The Labute approximate surface area is 93.7 Å². The summed E-state index contributed by atoms with van der Waals surface area (Å²) >= 11 is 1.45. The van der Waals surface area contributed by atoms with Gasteiger partial charge in [0.05, 0.1) is 17.5 Å². The number of hydrogen-bond donors (Lipinski definition) is 1. The first kappa shape index (κ1) is 12.1. The summed E-state index contributed by atoms with van der Waals surface area (Å²) in [5.74, 6) is -0.264. The van der Waals surface area contributed by atoms with Crippen LogP contribution in [0.1, 0.15) is 31.2 Å². The Hall–Kier alpha value is -0.940. The molecule has 4 nitrogen and oxygen atoms in total. The number of rotatable bonds is 5. The van der Waals surface area contributed by atoms with Crippen LogP contribution in [0.25, 0.3) is 0 Å². The van der Waals surface area contributed by atoms with Gasteiger partial charge in [0.15, 0.2) is 0 Å². The number of nitrogens with one attached hydrogen (secondary N) is 1. The molecule has 0 aliphatic carbocycles. The molecule has 1 rings (SSSR count). The molecule has 2 unspecified atom stereocenters. The van der Waals surface area contributed by atoms with Gasteiger partial charge in [0.2, 0.25) is 0 Å². The predicted molar refractivity (Wildman–Crippen MR) is 59.8 cm³/mol. The fraction of sp³-hybridized carbons (Fsp3) is 0.600. The molecule has 15 heavy (non-hydrogen) atoms. The Kier molecular flexibility index (Phi) is 4.71. The highest BCUT2D eigenvalue weighted by atomic mass is 32.1. The Morgan fingerprint density at radius 1 is 1.73 bits per heavy atom. The molecular formula is C10H16N2O2S. The number of carbonyl (C=O) groups is 1. The standard InChI is InChI=1S/C10H16N2O2S/c1-4-7(2)12-9(10(13)14-3)8-5-11-6-15-8/h5-7,9,12H,4H2,1-3H3. The van der Waals surface area contributed by atoms with Crippen molar-refractivity contribution in [3.8, 4) is 0 Å². The zero-order valence-corrected chi connectivity index (χ0v) is 10.0. The Morgan fingerprint density at radius 2 is 2.47 bits per heavy atom. The maximum atomic E-state index is 11.6. The van der Waals surface area contributed by atoms with Gasteiger partial charge in [-0.15, -0.1) is 11.3 Å². The molecule has 0 aliphatic rings. The second-order valence-electron chi connectivity index (χ2n) is 3.34. The SMILES string of the molecule is CCC(C)NC(C(=O)OC)c1cncs1. The minimum atomic E-state index is -0.391. The van der Waals surface area contributed by atoms with Crippen LogP contribution in [0.5, 0.6) is 0 Å². The molecule has 1 aromatic rings. The largest absolute Gasteiger partial charge is 0.468 e. The van der Waals surface area contributed by atoms with Crippen molar-refractivity contribution in [1.82, 2.24) is 10.3 Å². The zero-order chi connectivity index (χ0) is 11.3. The first-order chi connectivity index (χ1) is 7.19. The van der Waals surface area contributed by atoms with E-state index in [9.17, 15) is 4.79 Å². The van der Waals surface area contributed by atoms with Crippen LogP contribution in [-0.4, -0.2) is 24.1 Å². The summed E-state index contributed by atoms with van der Waals surface area (Å²) in [4.78, 5) is 16.4. The zero-order valence-electron chi connectivity index (χ0n) is 9.19. The summed E-state index contributed by atoms with van der Waals surface area (Å²) in [5.41, 5.74) is 1.71. The van der Waals surface area contributed by atoms with E-state index >= 15 is 0 Å². The number of methoxy groups -OCH3 is 1. The van der Waals surface area contributed by atoms with E-state index in [1.54, 1.807) is 11.7 Å². The second kappa shape index (κ2) is 5.82. The summed E-state index contributed by atoms with van der Waals surface area (Å²) in [6.07, 6.45) is 2.66. The lowest BCUT2D eigenvalue weighted by Gasteiger charge is -2.18. The number of nitrogens with zero attached hydrogens (tertiary/aromatic N) is 1. The van der Waals surface area contributed by atoms with Crippen LogP contribution in [0.3, 0.4) is 0 Å². The third-order valence-corrected chi connectivity index (χ3v) is 3.08. The number of thiazole rings is 1. The summed E-state index contributed by atoms with van der Waals surface area (Å²) < 4.78 is 4.76. The van der Waals surface area contributed by atoms with Crippen molar-refractivity contribution < 1.29 is 9.53 Å². The lowest BCUT2D eigenvalue weighted by molar-refractivity contribution is -0.143. The molecule has 0 spiro atoms. The molecule has 1 N–H and O–H groups in total. The lowest BCUT2D eigenvalue weighted by atomic mass is 10.2. The molecule has 1 aromatic heterocycles. The van der Waals surface area contributed by atoms with Gasteiger partial charge in [0.1, 0.15) is 6.04 Å². The van der Waals surface area contributed by atoms with Crippen molar-refractivity contribution in [1.29, 1.82) is 0 Å². The average Bonchev–Trinajstić information content (AvgIpc) is 2.77. The first-order valence-corrected chi connectivity index (χ1v) is 5.79. The molecule has 84 valence electrons. The molecule has 0 saturated carbocycles. The topological polar surface area (TPSA) is 51.2 Å². The molecule has 0 fully saturated rings. The van der Waals surface area contributed by atoms with E-state index in [4.69, 9.17) is 4.74 Å². The molecule has 0 aromatic carbocycles. The van der Waals surface area contributed by atoms with Crippen molar-refractivity contribution in [2.75, 3.05) is 7.11 Å². The summed E-state index contributed by atoms with van der Waals surface area (Å²) in [7, 11) is 1.40. The second-order valence-corrected chi connectivity index (χ2v) is 4.25. The fourth-order valence-electron chi connectivity index (χ4n) is 1.15. The van der Waals surface area contributed by atoms with Crippen molar-refractivity contribution >= 4 is 17.3 Å². The van der Waals surface area contributed by atoms with Crippen LogP contribution in [0.2, 0.25) is 0 Å². The van der Waals surface area contributed by atoms with Gasteiger partial charge in [-0.2, -0.15) is 0 Å². The van der Waals surface area contributed by atoms with Gasteiger partial charge in [0.25, 0.3) is 0 Å². The molecule has 0 radical (unpaired) electrons. The number of ether oxygens (including phenoxy) is 1. The van der Waals surface area contributed by atoms with E-state index < -0.39 is 6.04 Å². The third kappa shape index (κ3) is 3.28. The van der Waals surface area contributed by atoms with E-state index in [-0.39, 0.29) is 12.0 Å². The van der Waals surface area contributed by atoms with Gasteiger partial charge in [-0.05, 0) is 13.3 Å². The molecule has 1 heterocycles. The minimum absolute atomic E-state index is 0.264. The van der Waals surface area contributed by atoms with Crippen LogP contribution in [0, 0.1) is 0 Å². The van der Waals surface area contributed by atoms with Crippen LogP contribution in [0.4, 0.5) is 0 Å². The number of aromatic nitrogens is 1. The van der Waals surface area contributed by atoms with E-state index in [1.165, 1.54) is 18.4 Å². The molecule has 0 bridgehead atoms. The summed E-state index contributed by atoms with van der Waals surface area (Å²) in [6.45, 7) is 4.11. The van der Waals surface area contributed by atoms with Crippen molar-refractivity contribution in [3.05, 3.63) is 16.6 Å². The third-order valence-electron chi connectivity index (χ3n) is 2.24. The van der Waals surface area contributed by atoms with Crippen molar-refractivity contribution in [3.63, 3.8) is 0 Å². The molecule has 0 aliphatic heterocycles. The number of esters is 1. The number of carbonyl (C=O) groups excluding carboxylic acids is 1. The monoisotopic (exact) mass is 228 g/mol. The highest BCUT2D eigenvalue weighted by Crippen LogP contribution is 2.19. The molecule has 5 heteroatoms. The average molecular weight is 228 g/mol.